The van der Waals surface area contributed by atoms with Crippen molar-refractivity contribution in [2.45, 2.75) is 43.9 Å². The van der Waals surface area contributed by atoms with Crippen molar-refractivity contribution in [3.05, 3.63) is 0 Å². The van der Waals surface area contributed by atoms with Crippen LogP contribution in [-0.2, 0) is 10.0 Å². The zero-order valence-corrected chi connectivity index (χ0v) is 13.3. The topological polar surface area (TPSA) is 72.9 Å². The SMILES string of the molecule is CN(C)CC1CC(O)CN1S(=O)(=O)CC1CCCCN1. The van der Waals surface area contributed by atoms with Gasteiger partial charge in [-0.15, -0.1) is 0 Å². The highest BCUT2D eigenvalue weighted by Gasteiger charge is 2.39. The molecule has 20 heavy (non-hydrogen) atoms. The van der Waals surface area contributed by atoms with Gasteiger partial charge in [-0.2, -0.15) is 4.31 Å². The third-order valence-corrected chi connectivity index (χ3v) is 6.08. The molecule has 2 saturated heterocycles. The number of aliphatic hydroxyl groups is 1. The molecule has 2 rings (SSSR count). The second-order valence-electron chi connectivity index (χ2n) is 6.30. The van der Waals surface area contributed by atoms with Gasteiger partial charge in [0.25, 0.3) is 0 Å². The summed E-state index contributed by atoms with van der Waals surface area (Å²) in [6.07, 6.45) is 3.15. The average Bonchev–Trinajstić information content (AvgIpc) is 2.71. The third-order valence-electron chi connectivity index (χ3n) is 4.10. The Bertz CT molecular complexity index is 407. The Balaban J connectivity index is 2.02. The number of β-amino-alcohol motifs (C(OH)–C–C–N with tert-alkyl or cyclic N) is 1. The summed E-state index contributed by atoms with van der Waals surface area (Å²) in [5.74, 6) is 0.156. The second-order valence-corrected chi connectivity index (χ2v) is 8.27. The number of hydrogen-bond donors (Lipinski definition) is 2. The first-order chi connectivity index (χ1) is 9.38. The van der Waals surface area contributed by atoms with E-state index in [4.69, 9.17) is 0 Å². The van der Waals surface area contributed by atoms with Crippen LogP contribution >= 0.6 is 0 Å². The second kappa shape index (κ2) is 6.70. The fourth-order valence-electron chi connectivity index (χ4n) is 3.21. The molecule has 7 heteroatoms. The van der Waals surface area contributed by atoms with E-state index in [-0.39, 0.29) is 24.4 Å². The van der Waals surface area contributed by atoms with Crippen molar-refractivity contribution < 1.29 is 13.5 Å². The maximum Gasteiger partial charge on any atom is 0.216 e. The van der Waals surface area contributed by atoms with Crippen LogP contribution in [0.3, 0.4) is 0 Å². The van der Waals surface area contributed by atoms with Crippen molar-refractivity contribution in [3.8, 4) is 0 Å². The largest absolute Gasteiger partial charge is 0.392 e. The van der Waals surface area contributed by atoms with E-state index in [9.17, 15) is 13.5 Å². The van der Waals surface area contributed by atoms with E-state index >= 15 is 0 Å². The zero-order valence-electron chi connectivity index (χ0n) is 12.5. The fourth-order valence-corrected chi connectivity index (χ4v) is 5.20. The van der Waals surface area contributed by atoms with Crippen LogP contribution in [0.2, 0.25) is 0 Å². The lowest BCUT2D eigenvalue weighted by molar-refractivity contribution is 0.188. The summed E-state index contributed by atoms with van der Waals surface area (Å²) < 4.78 is 26.7. The molecule has 3 atom stereocenters. The molecular weight excluding hydrogens is 278 g/mol. The third kappa shape index (κ3) is 4.14. The highest BCUT2D eigenvalue weighted by atomic mass is 32.2. The minimum atomic E-state index is -3.30. The minimum Gasteiger partial charge on any atom is -0.392 e. The molecule has 2 fully saturated rings. The summed E-state index contributed by atoms with van der Waals surface area (Å²) in [4.78, 5) is 1.98. The van der Waals surface area contributed by atoms with Crippen LogP contribution in [0.5, 0.6) is 0 Å². The van der Waals surface area contributed by atoms with E-state index in [0.29, 0.717) is 13.0 Å². The molecule has 2 N–H and O–H groups in total. The Hall–Kier alpha value is -0.210. The molecule has 0 spiro atoms. The average molecular weight is 305 g/mol. The number of hydrogen-bond acceptors (Lipinski definition) is 5. The van der Waals surface area contributed by atoms with Gasteiger partial charge in [-0.1, -0.05) is 6.42 Å². The molecule has 118 valence electrons. The molecule has 0 aromatic heterocycles. The van der Waals surface area contributed by atoms with Crippen molar-refractivity contribution >= 4 is 10.0 Å². The molecule has 0 saturated carbocycles. The number of aliphatic hydroxyl groups excluding tert-OH is 1. The number of rotatable bonds is 5. The van der Waals surface area contributed by atoms with Gasteiger partial charge in [-0.05, 0) is 39.9 Å². The predicted molar refractivity (Wildman–Crippen MR) is 79.1 cm³/mol. The van der Waals surface area contributed by atoms with Gasteiger partial charge in [-0.3, -0.25) is 0 Å². The van der Waals surface area contributed by atoms with Gasteiger partial charge in [0.1, 0.15) is 0 Å². The Labute approximate surface area is 122 Å². The number of sulfonamides is 1. The molecule has 6 nitrogen and oxygen atoms in total. The number of piperidine rings is 1. The highest BCUT2D eigenvalue weighted by molar-refractivity contribution is 7.89. The van der Waals surface area contributed by atoms with Crippen LogP contribution in [0.1, 0.15) is 25.7 Å². The highest BCUT2D eigenvalue weighted by Crippen LogP contribution is 2.23. The lowest BCUT2D eigenvalue weighted by Crippen LogP contribution is -2.47. The summed E-state index contributed by atoms with van der Waals surface area (Å²) >= 11 is 0. The first-order valence-electron chi connectivity index (χ1n) is 7.44. The van der Waals surface area contributed by atoms with Crippen LogP contribution in [0.15, 0.2) is 0 Å². The normalized spacial score (nSPS) is 32.9. The van der Waals surface area contributed by atoms with Crippen LogP contribution in [0.25, 0.3) is 0 Å². The Morgan fingerprint density at radius 3 is 2.70 bits per heavy atom. The Kier molecular flexibility index (Phi) is 5.42. The maximum atomic E-state index is 12.6. The van der Waals surface area contributed by atoms with Gasteiger partial charge in [0.05, 0.1) is 11.9 Å². The molecule has 0 amide bonds. The first kappa shape index (κ1) is 16.2. The van der Waals surface area contributed by atoms with Crippen molar-refractivity contribution in [2.75, 3.05) is 39.5 Å². The predicted octanol–water partition coefficient (Wildman–Crippen LogP) is -0.545. The number of likely N-dealkylation sites (N-methyl/N-ethyl adjacent to an activating group) is 1. The van der Waals surface area contributed by atoms with Crippen molar-refractivity contribution in [1.82, 2.24) is 14.5 Å². The maximum absolute atomic E-state index is 12.6. The van der Waals surface area contributed by atoms with Gasteiger partial charge >= 0.3 is 0 Å². The summed E-state index contributed by atoms with van der Waals surface area (Å²) in [7, 11) is 0.554. The lowest BCUT2D eigenvalue weighted by atomic mass is 10.1. The summed E-state index contributed by atoms with van der Waals surface area (Å²) in [6, 6.07) is -0.0416. The summed E-state index contributed by atoms with van der Waals surface area (Å²) in [5, 5.41) is 13.1. The van der Waals surface area contributed by atoms with Crippen molar-refractivity contribution in [2.24, 2.45) is 0 Å². The van der Waals surface area contributed by atoms with E-state index in [0.717, 1.165) is 25.8 Å². The zero-order chi connectivity index (χ0) is 14.8. The van der Waals surface area contributed by atoms with Gasteiger partial charge in [-0.25, -0.2) is 8.42 Å². The first-order valence-corrected chi connectivity index (χ1v) is 9.05. The van der Waals surface area contributed by atoms with E-state index in [1.54, 1.807) is 0 Å². The number of nitrogens with zero attached hydrogens (tertiary/aromatic N) is 2. The van der Waals surface area contributed by atoms with Crippen molar-refractivity contribution in [3.63, 3.8) is 0 Å². The molecule has 0 radical (unpaired) electrons. The van der Waals surface area contributed by atoms with E-state index in [1.807, 2.05) is 19.0 Å². The molecule has 2 heterocycles. The van der Waals surface area contributed by atoms with Crippen LogP contribution in [0.4, 0.5) is 0 Å². The van der Waals surface area contributed by atoms with Crippen LogP contribution < -0.4 is 5.32 Å². The van der Waals surface area contributed by atoms with Crippen LogP contribution in [-0.4, -0.2) is 80.4 Å². The minimum absolute atomic E-state index is 0.0616. The molecule has 3 unspecified atom stereocenters. The van der Waals surface area contributed by atoms with E-state index in [1.165, 1.54) is 4.31 Å². The van der Waals surface area contributed by atoms with Gasteiger partial charge in [0.15, 0.2) is 0 Å². The molecule has 0 aliphatic carbocycles. The summed E-state index contributed by atoms with van der Waals surface area (Å²) in [5.41, 5.74) is 0. The fraction of sp³-hybridized carbons (Fsp3) is 1.00. The summed E-state index contributed by atoms with van der Waals surface area (Å²) in [6.45, 7) is 1.81. The lowest BCUT2D eigenvalue weighted by Gasteiger charge is -2.29. The molecule has 0 bridgehead atoms. The molecular formula is C13H27N3O3S. The molecule has 0 aromatic rings. The van der Waals surface area contributed by atoms with Gasteiger partial charge < -0.3 is 15.3 Å². The van der Waals surface area contributed by atoms with E-state index < -0.39 is 16.1 Å². The monoisotopic (exact) mass is 305 g/mol. The molecule has 2 aliphatic heterocycles. The Morgan fingerprint density at radius 2 is 2.10 bits per heavy atom. The molecule has 0 aromatic carbocycles. The smallest absolute Gasteiger partial charge is 0.216 e. The number of nitrogens with one attached hydrogen (secondary N) is 1. The standard InChI is InChI=1S/C13H27N3O3S/c1-15(2)8-12-7-13(17)9-16(12)20(18,19)10-11-5-3-4-6-14-11/h11-14,17H,3-10H2,1-2H3. The Morgan fingerprint density at radius 1 is 1.35 bits per heavy atom. The molecule has 2 aliphatic rings. The van der Waals surface area contributed by atoms with Crippen LogP contribution in [0, 0.1) is 0 Å². The van der Waals surface area contributed by atoms with E-state index in [2.05, 4.69) is 5.32 Å². The van der Waals surface area contributed by atoms with Gasteiger partial charge in [0.2, 0.25) is 10.0 Å². The quantitative estimate of drug-likeness (QED) is 0.713. The van der Waals surface area contributed by atoms with Gasteiger partial charge in [0, 0.05) is 25.2 Å². The van der Waals surface area contributed by atoms with Crippen molar-refractivity contribution in [1.29, 1.82) is 0 Å².